The lowest BCUT2D eigenvalue weighted by atomic mass is 9.97. The van der Waals surface area contributed by atoms with Gasteiger partial charge in [0.05, 0.1) is 0 Å². The minimum atomic E-state index is 0.666. The van der Waals surface area contributed by atoms with Gasteiger partial charge < -0.3 is 4.42 Å². The summed E-state index contributed by atoms with van der Waals surface area (Å²) < 4.78 is 6.16. The zero-order valence-corrected chi connectivity index (χ0v) is 22.3. The second-order valence-corrected chi connectivity index (χ2v) is 10.4. The maximum Gasteiger partial charge on any atom is 0.164 e. The summed E-state index contributed by atoms with van der Waals surface area (Å²) in [5.74, 6) is 2.08. The van der Waals surface area contributed by atoms with Crippen molar-refractivity contribution in [1.29, 1.82) is 0 Å². The van der Waals surface area contributed by atoms with Crippen molar-refractivity contribution in [1.82, 2.24) is 15.0 Å². The Morgan fingerprint density at radius 2 is 1.29 bits per heavy atom. The van der Waals surface area contributed by atoms with E-state index in [9.17, 15) is 0 Å². The fourth-order valence-corrected chi connectivity index (χ4v) is 5.74. The van der Waals surface area contributed by atoms with Crippen LogP contribution in [0.25, 0.3) is 72.2 Å². The molecule has 5 aromatic carbocycles. The van der Waals surface area contributed by atoms with Crippen LogP contribution in [0.2, 0.25) is 0 Å². The first-order valence-corrected chi connectivity index (χ1v) is 13.9. The number of para-hydroxylation sites is 1. The zero-order chi connectivity index (χ0) is 27.2. The van der Waals surface area contributed by atoms with Crippen molar-refractivity contribution in [3.05, 3.63) is 133 Å². The van der Waals surface area contributed by atoms with Crippen LogP contribution in [0, 0.1) is 0 Å². The molecular formula is C37H25N3O. The van der Waals surface area contributed by atoms with E-state index in [1.807, 2.05) is 18.2 Å². The van der Waals surface area contributed by atoms with Crippen LogP contribution >= 0.6 is 0 Å². The molecule has 2 heterocycles. The SMILES string of the molecule is C1=CCCC(c2nc(-c3cccc(-c4cccc5oc6ccccc6c45)c3)nc(-c3ccc4ccccc4c3)n2)=C1. The molecule has 194 valence electrons. The highest BCUT2D eigenvalue weighted by Crippen LogP contribution is 2.37. The number of rotatable bonds is 4. The first-order valence-electron chi connectivity index (χ1n) is 13.9. The molecule has 0 fully saturated rings. The second kappa shape index (κ2) is 9.68. The van der Waals surface area contributed by atoms with Crippen LogP contribution < -0.4 is 0 Å². The lowest BCUT2D eigenvalue weighted by molar-refractivity contribution is 0.669. The molecule has 0 N–H and O–H groups in total. The first-order chi connectivity index (χ1) is 20.3. The molecule has 0 saturated carbocycles. The van der Waals surface area contributed by atoms with Crippen LogP contribution in [0.5, 0.6) is 0 Å². The molecule has 1 aliphatic rings. The Morgan fingerprint density at radius 1 is 0.561 bits per heavy atom. The van der Waals surface area contributed by atoms with Crippen molar-refractivity contribution in [2.24, 2.45) is 0 Å². The summed E-state index contributed by atoms with van der Waals surface area (Å²) in [4.78, 5) is 15.0. The van der Waals surface area contributed by atoms with Crippen molar-refractivity contribution in [3.8, 4) is 33.9 Å². The molecule has 4 heteroatoms. The highest BCUT2D eigenvalue weighted by atomic mass is 16.3. The Kier molecular flexibility index (Phi) is 5.56. The Bertz CT molecular complexity index is 2170. The Balaban J connectivity index is 1.30. The van der Waals surface area contributed by atoms with E-state index in [4.69, 9.17) is 19.4 Å². The molecule has 2 aromatic heterocycles. The predicted molar refractivity (Wildman–Crippen MR) is 167 cm³/mol. The van der Waals surface area contributed by atoms with Crippen molar-refractivity contribution >= 4 is 38.3 Å². The van der Waals surface area contributed by atoms with E-state index in [0.717, 1.165) is 73.8 Å². The quantitative estimate of drug-likeness (QED) is 0.229. The van der Waals surface area contributed by atoms with E-state index in [2.05, 4.69) is 109 Å². The van der Waals surface area contributed by atoms with Gasteiger partial charge in [-0.25, -0.2) is 15.0 Å². The van der Waals surface area contributed by atoms with Gasteiger partial charge in [0.2, 0.25) is 0 Å². The molecule has 0 amide bonds. The molecule has 0 unspecified atom stereocenters. The number of allylic oxidation sites excluding steroid dienone is 4. The van der Waals surface area contributed by atoms with Crippen molar-refractivity contribution in [3.63, 3.8) is 0 Å². The lowest BCUT2D eigenvalue weighted by Crippen LogP contribution is -2.03. The minimum Gasteiger partial charge on any atom is -0.456 e. The third kappa shape index (κ3) is 4.21. The number of benzene rings is 5. The molecule has 7 aromatic rings. The summed E-state index contributed by atoms with van der Waals surface area (Å²) in [5.41, 5.74) is 7.04. The third-order valence-corrected chi connectivity index (χ3v) is 7.78. The summed E-state index contributed by atoms with van der Waals surface area (Å²) in [5, 5.41) is 4.59. The molecule has 8 rings (SSSR count). The Hall–Kier alpha value is -5.35. The van der Waals surface area contributed by atoms with Gasteiger partial charge in [0, 0.05) is 21.9 Å². The summed E-state index contributed by atoms with van der Waals surface area (Å²) in [7, 11) is 0. The maximum atomic E-state index is 6.16. The number of nitrogens with zero attached hydrogens (tertiary/aromatic N) is 3. The Morgan fingerprint density at radius 3 is 2.17 bits per heavy atom. The maximum absolute atomic E-state index is 6.16. The highest BCUT2D eigenvalue weighted by Gasteiger charge is 2.17. The van der Waals surface area contributed by atoms with Gasteiger partial charge in [0.25, 0.3) is 0 Å². The van der Waals surface area contributed by atoms with Gasteiger partial charge in [-0.2, -0.15) is 0 Å². The number of furan rings is 1. The summed E-state index contributed by atoms with van der Waals surface area (Å²) >= 11 is 0. The van der Waals surface area contributed by atoms with E-state index < -0.39 is 0 Å². The van der Waals surface area contributed by atoms with E-state index in [-0.39, 0.29) is 0 Å². The average molecular weight is 528 g/mol. The van der Waals surface area contributed by atoms with Gasteiger partial charge in [-0.1, -0.05) is 103 Å². The molecular weight excluding hydrogens is 502 g/mol. The van der Waals surface area contributed by atoms with E-state index in [0.29, 0.717) is 11.6 Å². The van der Waals surface area contributed by atoms with Gasteiger partial charge >= 0.3 is 0 Å². The highest BCUT2D eigenvalue weighted by molar-refractivity contribution is 6.12. The van der Waals surface area contributed by atoms with E-state index >= 15 is 0 Å². The van der Waals surface area contributed by atoms with Crippen LogP contribution in [-0.4, -0.2) is 15.0 Å². The van der Waals surface area contributed by atoms with Crippen LogP contribution in [-0.2, 0) is 0 Å². The lowest BCUT2D eigenvalue weighted by Gasteiger charge is -2.12. The van der Waals surface area contributed by atoms with Gasteiger partial charge in [0.1, 0.15) is 11.2 Å². The standard InChI is InChI=1S/C37H25N3O/c1-2-11-25(12-3-1)35-38-36(40-37(39-35)29-21-20-24-10-4-5-13-26(24)22-29)28-15-8-14-27(23-28)30-17-9-19-33-34(30)31-16-6-7-18-32(31)41-33/h1-2,4-11,13-23H,3,12H2. The molecule has 4 nitrogen and oxygen atoms in total. The molecule has 0 radical (unpaired) electrons. The van der Waals surface area contributed by atoms with Crippen molar-refractivity contribution in [2.75, 3.05) is 0 Å². The molecule has 0 aliphatic heterocycles. The van der Waals surface area contributed by atoms with Crippen LogP contribution in [0.3, 0.4) is 0 Å². The fraction of sp³-hybridized carbons (Fsp3) is 0.0541. The monoisotopic (exact) mass is 527 g/mol. The smallest absolute Gasteiger partial charge is 0.164 e. The summed E-state index contributed by atoms with van der Waals surface area (Å²) in [6.07, 6.45) is 8.28. The van der Waals surface area contributed by atoms with Gasteiger partial charge in [-0.3, -0.25) is 0 Å². The van der Waals surface area contributed by atoms with E-state index in [1.165, 1.54) is 5.39 Å². The normalized spacial score (nSPS) is 13.2. The van der Waals surface area contributed by atoms with Crippen LogP contribution in [0.1, 0.15) is 18.7 Å². The largest absolute Gasteiger partial charge is 0.456 e. The molecule has 1 aliphatic carbocycles. The van der Waals surface area contributed by atoms with Gasteiger partial charge in [-0.15, -0.1) is 0 Å². The molecule has 0 saturated heterocycles. The average Bonchev–Trinajstić information content (AvgIpc) is 3.44. The van der Waals surface area contributed by atoms with Crippen molar-refractivity contribution in [2.45, 2.75) is 12.8 Å². The van der Waals surface area contributed by atoms with Crippen molar-refractivity contribution < 1.29 is 4.42 Å². The summed E-state index contributed by atoms with van der Waals surface area (Å²) in [6.45, 7) is 0. The number of aromatic nitrogens is 3. The van der Waals surface area contributed by atoms with E-state index in [1.54, 1.807) is 0 Å². The molecule has 41 heavy (non-hydrogen) atoms. The zero-order valence-electron chi connectivity index (χ0n) is 22.3. The summed E-state index contributed by atoms with van der Waals surface area (Å²) in [6, 6.07) is 37.7. The second-order valence-electron chi connectivity index (χ2n) is 10.4. The number of hydrogen-bond acceptors (Lipinski definition) is 4. The Labute approximate surface area is 237 Å². The predicted octanol–water partition coefficient (Wildman–Crippen LogP) is 9.66. The third-order valence-electron chi connectivity index (χ3n) is 7.78. The number of fused-ring (bicyclic) bond motifs is 4. The van der Waals surface area contributed by atoms with Crippen LogP contribution in [0.4, 0.5) is 0 Å². The molecule has 0 spiro atoms. The van der Waals surface area contributed by atoms with Gasteiger partial charge in [0.15, 0.2) is 17.5 Å². The molecule has 0 atom stereocenters. The minimum absolute atomic E-state index is 0.666. The van der Waals surface area contributed by atoms with Gasteiger partial charge in [-0.05, 0) is 64.6 Å². The van der Waals surface area contributed by atoms with Crippen LogP contribution in [0.15, 0.2) is 132 Å². The first kappa shape index (κ1) is 23.5. The molecule has 0 bridgehead atoms. The topological polar surface area (TPSA) is 51.8 Å². The fourth-order valence-electron chi connectivity index (χ4n) is 5.74. The number of hydrogen-bond donors (Lipinski definition) is 0.